The lowest BCUT2D eigenvalue weighted by Crippen LogP contribution is -2.19. The summed E-state index contributed by atoms with van der Waals surface area (Å²) in [7, 11) is 1.91. The predicted octanol–water partition coefficient (Wildman–Crippen LogP) is 21.7. The SMILES string of the molecule is CC(C)(C)c1cc(NC(=O)Nc2ccc(NC(=O)c3c[nH]c4ccccc34)cc2)no1.CC(C)(C)c1cc(NC(=O)Nc2ccc(NC(=O)c3cc4ccccc4[nH]3)cc2)no1.Cc1ccc2[nH]c(C(=O)Nc3ccc(NC(=O)Nc4cc(C(C)(C)C)on4)cc3)cc2c1.Cn1cc(C(=O)Nc2ccc(NC(=O)Nc3cc(C(C)(C)C)on3)cc2)c2ccccc21. The summed E-state index contributed by atoms with van der Waals surface area (Å²) >= 11 is 0. The largest absolute Gasteiger partial charge is 0.360 e. The average Bonchev–Trinajstić information content (AvgIpc) is 1.64. The molecule has 8 aromatic carbocycles. The topological polar surface area (TPSA) is 437 Å². The smallest absolute Gasteiger partial charge is 0.324 e. The van der Waals surface area contributed by atoms with E-state index in [1.54, 1.807) is 134 Å². The number of hydrogen-bond donors (Lipinski definition) is 15. The summed E-state index contributed by atoms with van der Waals surface area (Å²) in [5, 5.41) is 52.1. The summed E-state index contributed by atoms with van der Waals surface area (Å²) < 4.78 is 23.0. The lowest BCUT2D eigenvalue weighted by Gasteiger charge is -2.12. The maximum absolute atomic E-state index is 12.8. The number of rotatable bonds is 16. The minimum atomic E-state index is -0.441. The molecule has 0 saturated heterocycles. The molecule has 0 saturated carbocycles. The molecule has 0 spiro atoms. The van der Waals surface area contributed by atoms with Crippen LogP contribution in [0.25, 0.3) is 43.6 Å². The highest BCUT2D eigenvalue weighted by Crippen LogP contribution is 2.32. The van der Waals surface area contributed by atoms with E-state index in [9.17, 15) is 38.4 Å². The Morgan fingerprint density at radius 2 is 0.619 bits per heavy atom. The molecule has 16 aromatic rings. The fourth-order valence-corrected chi connectivity index (χ4v) is 12.6. The van der Waals surface area contributed by atoms with Gasteiger partial charge in [0.1, 0.15) is 34.4 Å². The summed E-state index contributed by atoms with van der Waals surface area (Å²) in [6, 6.07) is 65.1. The fourth-order valence-electron chi connectivity index (χ4n) is 12.6. The lowest BCUT2D eigenvalue weighted by atomic mass is 9.93. The van der Waals surface area contributed by atoms with Crippen LogP contribution in [0.2, 0.25) is 0 Å². The van der Waals surface area contributed by atoms with E-state index in [1.165, 1.54) is 0 Å². The Morgan fingerprint density at radius 3 is 0.984 bits per heavy atom. The Labute approximate surface area is 723 Å². The Kier molecular flexibility index (Phi) is 26.0. The number of aromatic amines is 3. The molecular weight excluding hydrogens is 1600 g/mol. The van der Waals surface area contributed by atoms with Crippen LogP contribution in [-0.4, -0.2) is 87.9 Å². The summed E-state index contributed by atoms with van der Waals surface area (Å²) in [5.41, 5.74) is 10.9. The third-order valence-corrected chi connectivity index (χ3v) is 19.3. The first-order chi connectivity index (χ1) is 59.9. The van der Waals surface area contributed by atoms with Crippen molar-refractivity contribution in [3.8, 4) is 0 Å². The third kappa shape index (κ3) is 23.0. The molecule has 32 heteroatoms. The number of carbonyl (C=O) groups is 8. The van der Waals surface area contributed by atoms with Gasteiger partial charge in [-0.15, -0.1) is 0 Å². The normalized spacial score (nSPS) is 11.3. The summed E-state index contributed by atoms with van der Waals surface area (Å²) in [6.07, 6.45) is 3.50. The van der Waals surface area contributed by atoms with Gasteiger partial charge in [0.2, 0.25) is 0 Å². The van der Waals surface area contributed by atoms with Crippen LogP contribution in [0.3, 0.4) is 0 Å². The predicted molar refractivity (Wildman–Crippen MR) is 492 cm³/mol. The lowest BCUT2D eigenvalue weighted by molar-refractivity contribution is 0.101. The first-order valence-corrected chi connectivity index (χ1v) is 40.1. The van der Waals surface area contributed by atoms with Gasteiger partial charge < -0.3 is 80.1 Å². The number of amides is 12. The van der Waals surface area contributed by atoms with Crippen LogP contribution in [0.5, 0.6) is 0 Å². The molecule has 0 unspecified atom stereocenters. The monoisotopic (exact) mass is 1700 g/mol. The molecule has 8 aromatic heterocycles. The first kappa shape index (κ1) is 87.5. The number of hydrogen-bond acceptors (Lipinski definition) is 16. The van der Waals surface area contributed by atoms with Gasteiger partial charge in [-0.3, -0.25) is 40.4 Å². The van der Waals surface area contributed by atoms with Gasteiger partial charge in [-0.2, -0.15) is 0 Å². The molecule has 32 nitrogen and oxygen atoms in total. The van der Waals surface area contributed by atoms with E-state index in [2.05, 4.69) is 99.4 Å². The second-order valence-corrected chi connectivity index (χ2v) is 33.7. The zero-order valence-electron chi connectivity index (χ0n) is 71.7. The molecule has 15 N–H and O–H groups in total. The van der Waals surface area contributed by atoms with Crippen molar-refractivity contribution in [1.82, 2.24) is 40.1 Å². The van der Waals surface area contributed by atoms with Crippen LogP contribution in [0.4, 0.5) is 87.9 Å². The van der Waals surface area contributed by atoms with Gasteiger partial charge in [-0.1, -0.05) is 170 Å². The molecule has 0 bridgehead atoms. The van der Waals surface area contributed by atoms with E-state index in [-0.39, 0.29) is 45.3 Å². The van der Waals surface area contributed by atoms with Gasteiger partial charge in [0.15, 0.2) is 23.3 Å². The van der Waals surface area contributed by atoms with Crippen LogP contribution in [0.15, 0.2) is 255 Å². The van der Waals surface area contributed by atoms with Gasteiger partial charge >= 0.3 is 24.1 Å². The Morgan fingerprint density at radius 1 is 0.310 bits per heavy atom. The van der Waals surface area contributed by atoms with Crippen molar-refractivity contribution < 1.29 is 56.4 Å². The standard InChI is InChI=1S/2C24H25N5O3.2C23H23N5O3/c1-14-5-10-18-15(11-14)12-19(27-18)22(30)25-16-6-8-17(9-7-16)26-23(31)28-21-13-20(32-29-21)24(2,3)4;1-24(2,3)20-13-21(28-32-20)27-23(31)26-16-11-9-15(10-12-16)25-22(30)18-14-29(4)19-8-6-5-7-17(18)19;1-23(2,3)19-12-20(28-31-19)27-22(30)26-15-10-8-14(9-11-15)25-21(29)17-13-24-18-7-5-4-6-16(17)18;1-23(2,3)19-13-20(28-31-19)27-22(30)25-16-10-8-15(9-11-16)24-21(29)18-12-14-6-4-5-7-17(14)26-18/h5-13,27H,1-4H3,(H,25,30)(H2,26,28,29,31);5-14H,1-4H3,(H,25,30)(H2,26,27,28,31);4-13,24H,1-3H3,(H,25,29)(H2,26,27,28,30);4-13,26H,1-3H3,(H,24,29)(H2,25,27,28,30). The van der Waals surface area contributed by atoms with Crippen molar-refractivity contribution in [2.75, 3.05) is 63.8 Å². The molecular formula is C94H96N20O12. The van der Waals surface area contributed by atoms with Crippen LogP contribution >= 0.6 is 0 Å². The number of fused-ring (bicyclic) bond motifs is 4. The van der Waals surface area contributed by atoms with Gasteiger partial charge in [-0.05, 0) is 146 Å². The van der Waals surface area contributed by atoms with Crippen LogP contribution in [0.1, 0.15) is 153 Å². The fraction of sp³-hybridized carbons (Fsp3) is 0.191. The highest BCUT2D eigenvalue weighted by molar-refractivity contribution is 6.15. The quantitative estimate of drug-likeness (QED) is 0.0427. The average molecular weight is 1700 g/mol. The third-order valence-electron chi connectivity index (χ3n) is 19.3. The van der Waals surface area contributed by atoms with Crippen molar-refractivity contribution in [2.24, 2.45) is 7.05 Å². The zero-order valence-corrected chi connectivity index (χ0v) is 71.7. The molecule has 12 amide bonds. The molecule has 0 aliphatic heterocycles. The first-order valence-electron chi connectivity index (χ1n) is 40.1. The Bertz CT molecular complexity index is 6570. The van der Waals surface area contributed by atoms with Gasteiger partial charge in [0.05, 0.1) is 11.1 Å². The van der Waals surface area contributed by atoms with Crippen LogP contribution in [-0.2, 0) is 28.7 Å². The second kappa shape index (κ2) is 37.4. The zero-order chi connectivity index (χ0) is 89.8. The molecule has 126 heavy (non-hydrogen) atoms. The second-order valence-electron chi connectivity index (χ2n) is 33.7. The van der Waals surface area contributed by atoms with Gasteiger partial charge in [-0.25, -0.2) is 19.2 Å². The molecule has 0 atom stereocenters. The summed E-state index contributed by atoms with van der Waals surface area (Å²) in [5.74, 6) is 3.18. The highest BCUT2D eigenvalue weighted by atomic mass is 16.5. The van der Waals surface area contributed by atoms with E-state index in [4.69, 9.17) is 18.1 Å². The summed E-state index contributed by atoms with van der Waals surface area (Å²) in [4.78, 5) is 109. The van der Waals surface area contributed by atoms with Crippen molar-refractivity contribution in [3.05, 3.63) is 288 Å². The number of nitrogens with zero attached hydrogens (tertiary/aromatic N) is 5. The minimum absolute atomic E-state index is 0.194. The number of aromatic nitrogens is 8. The maximum Gasteiger partial charge on any atom is 0.324 e. The minimum Gasteiger partial charge on any atom is -0.360 e. The molecule has 16 rings (SSSR count). The number of carbonyl (C=O) groups excluding carboxylic acids is 8. The van der Waals surface area contributed by atoms with Gasteiger partial charge in [0, 0.05) is 154 Å². The molecule has 0 fully saturated rings. The number of benzene rings is 8. The molecule has 0 radical (unpaired) electrons. The highest BCUT2D eigenvalue weighted by Gasteiger charge is 2.26. The van der Waals surface area contributed by atoms with E-state index < -0.39 is 24.1 Å². The Hall–Kier alpha value is -16.3. The number of para-hydroxylation sites is 3. The van der Waals surface area contributed by atoms with E-state index >= 15 is 0 Å². The van der Waals surface area contributed by atoms with Crippen molar-refractivity contribution in [1.29, 1.82) is 0 Å². The van der Waals surface area contributed by atoms with Crippen LogP contribution in [0, 0.1) is 6.92 Å². The van der Waals surface area contributed by atoms with Crippen molar-refractivity contribution in [2.45, 2.75) is 112 Å². The van der Waals surface area contributed by atoms with Crippen molar-refractivity contribution >= 4 is 160 Å². The number of urea groups is 4. The van der Waals surface area contributed by atoms with Crippen LogP contribution < -0.4 is 63.8 Å². The van der Waals surface area contributed by atoms with Gasteiger partial charge in [0.25, 0.3) is 23.6 Å². The molecule has 644 valence electrons. The molecule has 8 heterocycles. The summed E-state index contributed by atoms with van der Waals surface area (Å²) in [6.45, 7) is 26.0. The van der Waals surface area contributed by atoms with E-state index in [1.807, 2.05) is 205 Å². The number of aryl methyl sites for hydroxylation is 2. The number of anilines is 12. The molecule has 0 aliphatic carbocycles. The van der Waals surface area contributed by atoms with E-state index in [0.29, 0.717) is 114 Å². The number of nitrogens with one attached hydrogen (secondary N) is 15. The Balaban J connectivity index is 0.000000144. The van der Waals surface area contributed by atoms with Crippen molar-refractivity contribution in [3.63, 3.8) is 0 Å². The van der Waals surface area contributed by atoms with E-state index in [0.717, 1.165) is 49.2 Å². The maximum atomic E-state index is 12.8. The molecule has 0 aliphatic rings. The number of H-pyrrole nitrogens is 3.